The van der Waals surface area contributed by atoms with Crippen LogP contribution >= 0.6 is 35.6 Å². The number of anilines is 1. The molecule has 0 saturated carbocycles. The van der Waals surface area contributed by atoms with Crippen molar-refractivity contribution in [1.82, 2.24) is 4.90 Å². The van der Waals surface area contributed by atoms with Gasteiger partial charge >= 0.3 is 0 Å². The summed E-state index contributed by atoms with van der Waals surface area (Å²) in [4.78, 5) is 26.8. The molecule has 0 unspecified atom stereocenters. The average Bonchev–Trinajstić information content (AvgIpc) is 2.97. The van der Waals surface area contributed by atoms with E-state index in [1.807, 2.05) is 39.0 Å². The molecule has 1 saturated heterocycles. The third-order valence-corrected chi connectivity index (χ3v) is 5.93. The number of thioether (sulfide) groups is 1. The molecule has 0 radical (unpaired) electrons. The monoisotopic (exact) mass is 460 g/mol. The molecule has 1 heterocycles. The fourth-order valence-electron chi connectivity index (χ4n) is 2.80. The van der Waals surface area contributed by atoms with E-state index in [2.05, 4.69) is 5.32 Å². The molecule has 5 nitrogen and oxygen atoms in total. The van der Waals surface area contributed by atoms with Crippen molar-refractivity contribution < 1.29 is 14.3 Å². The lowest BCUT2D eigenvalue weighted by molar-refractivity contribution is -0.123. The summed E-state index contributed by atoms with van der Waals surface area (Å²) in [6.45, 7) is 5.63. The summed E-state index contributed by atoms with van der Waals surface area (Å²) in [5.41, 5.74) is 2.43. The molecule has 156 valence electrons. The Morgan fingerprint density at radius 1 is 1.27 bits per heavy atom. The number of thiocarbonyl (C=S) groups is 1. The molecule has 0 atom stereocenters. The van der Waals surface area contributed by atoms with E-state index in [-0.39, 0.29) is 24.5 Å². The zero-order chi connectivity index (χ0) is 21.8. The minimum absolute atomic E-state index is 0.0287. The van der Waals surface area contributed by atoms with Gasteiger partial charge in [0, 0.05) is 16.8 Å². The minimum Gasteiger partial charge on any atom is -0.484 e. The lowest BCUT2D eigenvalue weighted by Crippen LogP contribution is -2.34. The van der Waals surface area contributed by atoms with E-state index in [4.69, 9.17) is 28.6 Å². The maximum absolute atomic E-state index is 12.5. The molecule has 1 N–H and O–H groups in total. The van der Waals surface area contributed by atoms with Crippen LogP contribution in [0.15, 0.2) is 47.4 Å². The molecule has 1 fully saturated rings. The van der Waals surface area contributed by atoms with Crippen molar-refractivity contribution in [3.8, 4) is 5.75 Å². The van der Waals surface area contributed by atoms with Gasteiger partial charge in [0.05, 0.1) is 4.91 Å². The average molecular weight is 461 g/mol. The Labute approximate surface area is 190 Å². The number of carbonyl (C=O) groups excluding carboxylic acids is 2. The highest BCUT2D eigenvalue weighted by Crippen LogP contribution is 2.34. The van der Waals surface area contributed by atoms with Crippen LogP contribution in [0.25, 0.3) is 6.08 Å². The van der Waals surface area contributed by atoms with Gasteiger partial charge in [-0.1, -0.05) is 53.8 Å². The third-order valence-electron chi connectivity index (χ3n) is 4.36. The topological polar surface area (TPSA) is 58.6 Å². The SMILES string of the molecule is Cc1ccc(Cl)cc1NC(=O)COc1ccc(/C=C2\SC(=S)N(C(C)C)C2=O)cc1. The number of benzene rings is 2. The number of hydrogen-bond donors (Lipinski definition) is 1. The largest absolute Gasteiger partial charge is 0.484 e. The highest BCUT2D eigenvalue weighted by molar-refractivity contribution is 8.26. The smallest absolute Gasteiger partial charge is 0.266 e. The van der Waals surface area contributed by atoms with Gasteiger partial charge < -0.3 is 10.1 Å². The van der Waals surface area contributed by atoms with E-state index in [0.717, 1.165) is 11.1 Å². The summed E-state index contributed by atoms with van der Waals surface area (Å²) < 4.78 is 6.13. The van der Waals surface area contributed by atoms with Gasteiger partial charge in [0.15, 0.2) is 6.61 Å². The van der Waals surface area contributed by atoms with E-state index in [1.165, 1.54) is 11.8 Å². The highest BCUT2D eigenvalue weighted by atomic mass is 35.5. The second kappa shape index (κ2) is 9.64. The van der Waals surface area contributed by atoms with Crippen LogP contribution in [0.3, 0.4) is 0 Å². The predicted molar refractivity (Wildman–Crippen MR) is 127 cm³/mol. The molecule has 0 bridgehead atoms. The normalized spacial score (nSPS) is 15.2. The number of rotatable bonds is 6. The molecule has 30 heavy (non-hydrogen) atoms. The van der Waals surface area contributed by atoms with Crippen LogP contribution in [0.4, 0.5) is 5.69 Å². The van der Waals surface area contributed by atoms with Crippen LogP contribution in [0.5, 0.6) is 5.75 Å². The Balaban J connectivity index is 1.58. The molecule has 3 rings (SSSR count). The summed E-state index contributed by atoms with van der Waals surface area (Å²) in [7, 11) is 0. The molecule has 1 aliphatic heterocycles. The lowest BCUT2D eigenvalue weighted by Gasteiger charge is -2.18. The molecule has 8 heteroatoms. The minimum atomic E-state index is -0.276. The summed E-state index contributed by atoms with van der Waals surface area (Å²) in [5.74, 6) is 0.204. The first-order valence-corrected chi connectivity index (χ1v) is 10.9. The molecule has 2 aromatic rings. The van der Waals surface area contributed by atoms with Crippen molar-refractivity contribution in [2.45, 2.75) is 26.8 Å². The molecular weight excluding hydrogens is 440 g/mol. The van der Waals surface area contributed by atoms with Gasteiger partial charge in [0.2, 0.25) is 0 Å². The van der Waals surface area contributed by atoms with Gasteiger partial charge in [0.25, 0.3) is 11.8 Å². The van der Waals surface area contributed by atoms with Crippen LogP contribution < -0.4 is 10.1 Å². The molecule has 0 spiro atoms. The molecular formula is C22H21ClN2O3S2. The number of nitrogens with one attached hydrogen (secondary N) is 1. The third kappa shape index (κ3) is 5.41. The molecule has 0 aromatic heterocycles. The Kier molecular flexibility index (Phi) is 7.18. The van der Waals surface area contributed by atoms with Crippen LogP contribution in [0.1, 0.15) is 25.0 Å². The van der Waals surface area contributed by atoms with Gasteiger partial charge in [-0.3, -0.25) is 14.5 Å². The second-order valence-electron chi connectivity index (χ2n) is 7.01. The van der Waals surface area contributed by atoms with Gasteiger partial charge in [-0.15, -0.1) is 0 Å². The zero-order valence-corrected chi connectivity index (χ0v) is 19.2. The standard InChI is InChI=1S/C22H21ClN2O3S2/c1-13(2)25-21(27)19(30-22(25)29)10-15-5-8-17(9-6-15)28-12-20(26)24-18-11-16(23)7-4-14(18)3/h4-11,13H,12H2,1-3H3,(H,24,26)/b19-10-. The van der Waals surface area contributed by atoms with Gasteiger partial charge in [-0.05, 0) is 62.2 Å². The number of halogens is 1. The lowest BCUT2D eigenvalue weighted by atomic mass is 10.2. The van der Waals surface area contributed by atoms with Crippen molar-refractivity contribution in [1.29, 1.82) is 0 Å². The number of carbonyl (C=O) groups is 2. The van der Waals surface area contributed by atoms with E-state index in [0.29, 0.717) is 25.7 Å². The van der Waals surface area contributed by atoms with E-state index in [9.17, 15) is 9.59 Å². The highest BCUT2D eigenvalue weighted by Gasteiger charge is 2.33. The van der Waals surface area contributed by atoms with E-state index < -0.39 is 0 Å². The molecule has 2 amide bonds. The number of hydrogen-bond acceptors (Lipinski definition) is 5. The molecule has 1 aliphatic rings. The van der Waals surface area contributed by atoms with Gasteiger partial charge in [-0.25, -0.2) is 0 Å². The molecule has 2 aromatic carbocycles. The summed E-state index contributed by atoms with van der Waals surface area (Å²) >= 11 is 12.6. The maximum Gasteiger partial charge on any atom is 0.266 e. The van der Waals surface area contributed by atoms with Crippen LogP contribution in [0.2, 0.25) is 5.02 Å². The van der Waals surface area contributed by atoms with Crippen LogP contribution in [-0.2, 0) is 9.59 Å². The van der Waals surface area contributed by atoms with Crippen molar-refractivity contribution in [3.05, 3.63) is 63.5 Å². The van der Waals surface area contributed by atoms with E-state index in [1.54, 1.807) is 35.2 Å². The number of amides is 2. The summed E-state index contributed by atoms with van der Waals surface area (Å²) in [5, 5.41) is 3.34. The van der Waals surface area contributed by atoms with Crippen molar-refractivity contribution in [2.75, 3.05) is 11.9 Å². The summed E-state index contributed by atoms with van der Waals surface area (Å²) in [6, 6.07) is 12.5. The molecule has 0 aliphatic carbocycles. The van der Waals surface area contributed by atoms with Gasteiger partial charge in [0.1, 0.15) is 10.1 Å². The van der Waals surface area contributed by atoms with Gasteiger partial charge in [-0.2, -0.15) is 0 Å². The summed E-state index contributed by atoms with van der Waals surface area (Å²) in [6.07, 6.45) is 1.81. The van der Waals surface area contributed by atoms with Crippen molar-refractivity contribution >= 4 is 63.5 Å². The van der Waals surface area contributed by atoms with Crippen LogP contribution in [-0.4, -0.2) is 33.7 Å². The first-order valence-electron chi connectivity index (χ1n) is 9.30. The number of aryl methyl sites for hydroxylation is 1. The first-order chi connectivity index (χ1) is 14.2. The van der Waals surface area contributed by atoms with Crippen molar-refractivity contribution in [2.24, 2.45) is 0 Å². The quantitative estimate of drug-likeness (QED) is 0.469. The predicted octanol–water partition coefficient (Wildman–Crippen LogP) is 5.28. The Hall–Kier alpha value is -2.35. The van der Waals surface area contributed by atoms with Crippen LogP contribution in [0, 0.1) is 6.92 Å². The van der Waals surface area contributed by atoms with E-state index >= 15 is 0 Å². The number of nitrogens with zero attached hydrogens (tertiary/aromatic N) is 1. The second-order valence-corrected chi connectivity index (χ2v) is 9.12. The van der Waals surface area contributed by atoms with Crippen molar-refractivity contribution in [3.63, 3.8) is 0 Å². The first kappa shape index (κ1) is 22.3. The fraction of sp³-hybridized carbons (Fsp3) is 0.227. The zero-order valence-electron chi connectivity index (χ0n) is 16.8. The Morgan fingerprint density at radius 2 is 1.97 bits per heavy atom. The Bertz CT molecular complexity index is 1020. The fourth-order valence-corrected chi connectivity index (χ4v) is 4.50. The maximum atomic E-state index is 12.5. The Morgan fingerprint density at radius 3 is 2.60 bits per heavy atom. The number of ether oxygens (including phenoxy) is 1.